The third-order valence-corrected chi connectivity index (χ3v) is 6.10. The minimum atomic E-state index is -1.06. The van der Waals surface area contributed by atoms with Gasteiger partial charge in [-0.1, -0.05) is 31.4 Å². The van der Waals surface area contributed by atoms with Crippen LogP contribution in [0.3, 0.4) is 0 Å². The van der Waals surface area contributed by atoms with Crippen molar-refractivity contribution in [3.8, 4) is 0 Å². The second-order valence-electron chi connectivity index (χ2n) is 8.26. The first-order valence-electron chi connectivity index (χ1n) is 10.3. The average Bonchev–Trinajstić information content (AvgIpc) is 2.87. The number of esters is 1. The van der Waals surface area contributed by atoms with Crippen molar-refractivity contribution in [2.75, 3.05) is 18.9 Å². The number of amides is 4. The number of ether oxygens (including phenoxy) is 1. The van der Waals surface area contributed by atoms with E-state index in [4.69, 9.17) is 4.74 Å². The van der Waals surface area contributed by atoms with Crippen LogP contribution in [-0.2, 0) is 19.1 Å². The molecule has 1 spiro atoms. The van der Waals surface area contributed by atoms with Gasteiger partial charge in [-0.2, -0.15) is 0 Å². The van der Waals surface area contributed by atoms with Crippen LogP contribution >= 0.6 is 0 Å². The summed E-state index contributed by atoms with van der Waals surface area (Å²) in [7, 11) is 1.61. The number of likely N-dealkylation sites (N-methyl/N-ethyl adjacent to an activating group) is 1. The molecular weight excluding hydrogens is 386 g/mol. The van der Waals surface area contributed by atoms with Crippen LogP contribution in [-0.4, -0.2) is 58.8 Å². The lowest BCUT2D eigenvalue weighted by Crippen LogP contribution is -2.49. The predicted octanol–water partition coefficient (Wildman–Crippen LogP) is 2.77. The van der Waals surface area contributed by atoms with Gasteiger partial charge in [-0.3, -0.25) is 19.3 Å². The Hall–Kier alpha value is -2.90. The zero-order valence-corrected chi connectivity index (χ0v) is 18.0. The van der Waals surface area contributed by atoms with E-state index in [0.717, 1.165) is 35.3 Å². The van der Waals surface area contributed by atoms with Gasteiger partial charge in [-0.25, -0.2) is 4.79 Å². The van der Waals surface area contributed by atoms with Crippen LogP contribution in [0.5, 0.6) is 0 Å². The van der Waals surface area contributed by atoms with E-state index >= 15 is 0 Å². The highest BCUT2D eigenvalue weighted by atomic mass is 16.5. The second kappa shape index (κ2) is 8.45. The van der Waals surface area contributed by atoms with Crippen molar-refractivity contribution >= 4 is 29.5 Å². The maximum absolute atomic E-state index is 12.9. The number of aryl methyl sites for hydroxylation is 2. The lowest BCUT2D eigenvalue weighted by Gasteiger charge is -2.35. The maximum atomic E-state index is 12.9. The first-order chi connectivity index (χ1) is 14.2. The highest BCUT2D eigenvalue weighted by molar-refractivity contribution is 6.08. The Bertz CT molecular complexity index is 876. The predicted molar refractivity (Wildman–Crippen MR) is 111 cm³/mol. The van der Waals surface area contributed by atoms with E-state index in [-0.39, 0.29) is 5.91 Å². The van der Waals surface area contributed by atoms with Gasteiger partial charge in [0.25, 0.3) is 11.8 Å². The number of nitrogens with zero attached hydrogens (tertiary/aromatic N) is 2. The lowest BCUT2D eigenvalue weighted by molar-refractivity contribution is -0.155. The van der Waals surface area contributed by atoms with Gasteiger partial charge < -0.3 is 15.0 Å². The van der Waals surface area contributed by atoms with Crippen molar-refractivity contribution in [1.29, 1.82) is 0 Å². The Morgan fingerprint density at radius 2 is 1.83 bits per heavy atom. The quantitative estimate of drug-likeness (QED) is 0.589. The SMILES string of the molecule is Cc1ccc(C)c(NC(=O)[C@H](C)OC(=O)CN2C(=O)N(C)C3(CCCCC3)C2=O)c1. The molecule has 2 aliphatic rings. The fourth-order valence-electron chi connectivity index (χ4n) is 4.19. The fourth-order valence-corrected chi connectivity index (χ4v) is 4.19. The molecule has 1 atom stereocenters. The molecule has 0 radical (unpaired) electrons. The minimum Gasteiger partial charge on any atom is -0.451 e. The summed E-state index contributed by atoms with van der Waals surface area (Å²) in [5.74, 6) is -1.61. The largest absolute Gasteiger partial charge is 0.451 e. The molecule has 1 aliphatic carbocycles. The van der Waals surface area contributed by atoms with Gasteiger partial charge >= 0.3 is 12.0 Å². The van der Waals surface area contributed by atoms with E-state index in [9.17, 15) is 19.2 Å². The number of benzene rings is 1. The Morgan fingerprint density at radius 3 is 2.50 bits per heavy atom. The highest BCUT2D eigenvalue weighted by Crippen LogP contribution is 2.39. The molecular formula is C22H29N3O5. The normalized spacial score (nSPS) is 19.2. The molecule has 0 aromatic heterocycles. The maximum Gasteiger partial charge on any atom is 0.327 e. The summed E-state index contributed by atoms with van der Waals surface area (Å²) >= 11 is 0. The minimum absolute atomic E-state index is 0.348. The Labute approximate surface area is 176 Å². The number of urea groups is 1. The van der Waals surface area contributed by atoms with E-state index < -0.39 is 36.1 Å². The molecule has 0 unspecified atom stereocenters. The number of hydrogen-bond donors (Lipinski definition) is 1. The molecule has 1 saturated heterocycles. The second-order valence-corrected chi connectivity index (χ2v) is 8.26. The van der Waals surface area contributed by atoms with Crippen LogP contribution in [0.1, 0.15) is 50.2 Å². The molecule has 1 saturated carbocycles. The van der Waals surface area contributed by atoms with Crippen LogP contribution in [0.15, 0.2) is 18.2 Å². The molecule has 162 valence electrons. The molecule has 0 bridgehead atoms. The van der Waals surface area contributed by atoms with E-state index in [2.05, 4.69) is 5.32 Å². The van der Waals surface area contributed by atoms with E-state index in [1.54, 1.807) is 7.05 Å². The zero-order chi connectivity index (χ0) is 22.1. The van der Waals surface area contributed by atoms with Crippen molar-refractivity contribution in [3.05, 3.63) is 29.3 Å². The molecule has 3 rings (SSSR count). The molecule has 4 amide bonds. The molecule has 8 nitrogen and oxygen atoms in total. The number of nitrogens with one attached hydrogen (secondary N) is 1. The van der Waals surface area contributed by atoms with E-state index in [0.29, 0.717) is 18.5 Å². The van der Waals surface area contributed by atoms with Crippen LogP contribution in [0, 0.1) is 13.8 Å². The van der Waals surface area contributed by atoms with Crippen molar-refractivity contribution in [2.24, 2.45) is 0 Å². The summed E-state index contributed by atoms with van der Waals surface area (Å²) in [6.07, 6.45) is 2.93. The summed E-state index contributed by atoms with van der Waals surface area (Å²) < 4.78 is 5.21. The summed E-state index contributed by atoms with van der Waals surface area (Å²) in [4.78, 5) is 52.8. The smallest absolute Gasteiger partial charge is 0.327 e. The summed E-state index contributed by atoms with van der Waals surface area (Å²) in [5, 5.41) is 2.75. The molecule has 8 heteroatoms. The van der Waals surface area contributed by atoms with E-state index in [1.165, 1.54) is 11.8 Å². The van der Waals surface area contributed by atoms with Gasteiger partial charge in [0.1, 0.15) is 12.1 Å². The van der Waals surface area contributed by atoms with Gasteiger partial charge in [0.05, 0.1) is 0 Å². The van der Waals surface area contributed by atoms with Crippen molar-refractivity contribution in [1.82, 2.24) is 9.80 Å². The van der Waals surface area contributed by atoms with Crippen LogP contribution in [0.2, 0.25) is 0 Å². The topological polar surface area (TPSA) is 96.0 Å². The standard InChI is InChI=1S/C22H29N3O5/c1-14-8-9-15(2)17(12-14)23-19(27)16(3)30-18(26)13-25-20(28)22(24(4)21(25)29)10-6-5-7-11-22/h8-9,12,16H,5-7,10-11,13H2,1-4H3,(H,23,27)/t16-/m0/s1. The number of imide groups is 1. The molecule has 1 heterocycles. The molecule has 2 fully saturated rings. The number of carbonyl (C=O) groups excluding carboxylic acids is 4. The van der Waals surface area contributed by atoms with Crippen LogP contribution in [0.25, 0.3) is 0 Å². The average molecular weight is 415 g/mol. The fraction of sp³-hybridized carbons (Fsp3) is 0.545. The zero-order valence-electron chi connectivity index (χ0n) is 18.0. The van der Waals surface area contributed by atoms with Gasteiger partial charge in [-0.15, -0.1) is 0 Å². The molecule has 1 aromatic rings. The monoisotopic (exact) mass is 415 g/mol. The molecule has 1 aromatic carbocycles. The Morgan fingerprint density at radius 1 is 1.17 bits per heavy atom. The number of anilines is 1. The Balaban J connectivity index is 1.60. The summed E-state index contributed by atoms with van der Waals surface area (Å²) in [6, 6.07) is 5.17. The number of hydrogen-bond acceptors (Lipinski definition) is 5. The van der Waals surface area contributed by atoms with Crippen molar-refractivity contribution in [2.45, 2.75) is 64.5 Å². The third kappa shape index (κ3) is 4.04. The third-order valence-electron chi connectivity index (χ3n) is 6.10. The van der Waals surface area contributed by atoms with Crippen LogP contribution < -0.4 is 5.32 Å². The van der Waals surface area contributed by atoms with Gasteiger partial charge in [0, 0.05) is 12.7 Å². The van der Waals surface area contributed by atoms with E-state index in [1.807, 2.05) is 32.0 Å². The van der Waals surface area contributed by atoms with Crippen molar-refractivity contribution < 1.29 is 23.9 Å². The molecule has 1 N–H and O–H groups in total. The van der Waals surface area contributed by atoms with Gasteiger partial charge in [-0.05, 0) is 50.8 Å². The van der Waals surface area contributed by atoms with Crippen LogP contribution in [0.4, 0.5) is 10.5 Å². The molecule has 1 aliphatic heterocycles. The first-order valence-corrected chi connectivity index (χ1v) is 10.3. The molecule has 30 heavy (non-hydrogen) atoms. The lowest BCUT2D eigenvalue weighted by atomic mass is 9.81. The Kier molecular flexibility index (Phi) is 6.14. The first kappa shape index (κ1) is 21.8. The number of carbonyl (C=O) groups is 4. The van der Waals surface area contributed by atoms with Crippen molar-refractivity contribution in [3.63, 3.8) is 0 Å². The highest BCUT2D eigenvalue weighted by Gasteiger charge is 2.56. The summed E-state index contributed by atoms with van der Waals surface area (Å²) in [5.41, 5.74) is 1.68. The number of rotatable bonds is 5. The summed E-state index contributed by atoms with van der Waals surface area (Å²) in [6.45, 7) is 4.75. The van der Waals surface area contributed by atoms with Gasteiger partial charge in [0.2, 0.25) is 0 Å². The van der Waals surface area contributed by atoms with Gasteiger partial charge in [0.15, 0.2) is 6.10 Å².